The number of halogens is 1. The number of anilines is 2. The molecule has 1 saturated heterocycles. The van der Waals surface area contributed by atoms with Gasteiger partial charge in [0.1, 0.15) is 0 Å². The number of hydrogen-bond donors (Lipinski definition) is 0. The lowest BCUT2D eigenvalue weighted by Crippen LogP contribution is -2.47. The smallest absolute Gasteiger partial charge is 0.232 e. The highest BCUT2D eigenvalue weighted by molar-refractivity contribution is 9.10. The first-order chi connectivity index (χ1) is 10.3. The van der Waals surface area contributed by atoms with Gasteiger partial charge in [0.2, 0.25) is 11.8 Å². The second kappa shape index (κ2) is 6.30. The summed E-state index contributed by atoms with van der Waals surface area (Å²) < 4.78 is 6.01. The number of nitrogens with zero attached hydrogens (tertiary/aromatic N) is 4. The molecule has 0 atom stereocenters. The standard InChI is InChI=1S/C15H17BrN4O/c1-21-14-13(16)11-17-15(18-14)20-9-7-19(8-10-20)12-5-3-2-4-6-12/h2-6,11H,7-10H2,1H3. The van der Waals surface area contributed by atoms with Gasteiger partial charge in [0.05, 0.1) is 17.8 Å². The molecule has 2 aromatic rings. The minimum absolute atomic E-state index is 0.575. The second-order valence-corrected chi connectivity index (χ2v) is 5.69. The SMILES string of the molecule is COc1nc(N2CCN(c3ccccc3)CC2)ncc1Br. The molecule has 0 aliphatic carbocycles. The van der Waals surface area contributed by atoms with E-state index in [1.165, 1.54) is 5.69 Å². The van der Waals surface area contributed by atoms with Gasteiger partial charge in [-0.2, -0.15) is 4.98 Å². The van der Waals surface area contributed by atoms with Crippen LogP contribution >= 0.6 is 15.9 Å². The molecule has 21 heavy (non-hydrogen) atoms. The van der Waals surface area contributed by atoms with Crippen molar-refractivity contribution in [2.24, 2.45) is 0 Å². The summed E-state index contributed by atoms with van der Waals surface area (Å²) in [4.78, 5) is 13.4. The Morgan fingerprint density at radius 1 is 1.05 bits per heavy atom. The molecule has 0 spiro atoms. The number of ether oxygens (including phenoxy) is 1. The van der Waals surface area contributed by atoms with Crippen molar-refractivity contribution in [1.82, 2.24) is 9.97 Å². The first kappa shape index (κ1) is 14.1. The van der Waals surface area contributed by atoms with E-state index >= 15 is 0 Å². The van der Waals surface area contributed by atoms with E-state index in [9.17, 15) is 0 Å². The molecule has 2 heterocycles. The zero-order valence-corrected chi connectivity index (χ0v) is 13.5. The van der Waals surface area contributed by atoms with E-state index in [1.54, 1.807) is 13.3 Å². The Kier molecular flexibility index (Phi) is 4.24. The third-order valence-corrected chi connectivity index (χ3v) is 4.12. The summed E-state index contributed by atoms with van der Waals surface area (Å²) in [5.41, 5.74) is 1.27. The molecule has 0 bridgehead atoms. The van der Waals surface area contributed by atoms with Crippen LogP contribution in [-0.2, 0) is 0 Å². The number of methoxy groups -OCH3 is 1. The van der Waals surface area contributed by atoms with Crippen LogP contribution in [0.25, 0.3) is 0 Å². The van der Waals surface area contributed by atoms with Crippen LogP contribution < -0.4 is 14.5 Å². The Morgan fingerprint density at radius 3 is 2.38 bits per heavy atom. The zero-order valence-electron chi connectivity index (χ0n) is 11.9. The molecular weight excluding hydrogens is 332 g/mol. The number of hydrogen-bond acceptors (Lipinski definition) is 5. The van der Waals surface area contributed by atoms with E-state index in [2.05, 4.69) is 60.0 Å². The minimum Gasteiger partial charge on any atom is -0.480 e. The highest BCUT2D eigenvalue weighted by Gasteiger charge is 2.20. The number of piperazine rings is 1. The molecule has 1 aromatic heterocycles. The van der Waals surface area contributed by atoms with Gasteiger partial charge in [-0.25, -0.2) is 4.98 Å². The molecule has 0 N–H and O–H groups in total. The molecule has 1 aliphatic heterocycles. The molecule has 1 aliphatic rings. The third-order valence-electron chi connectivity index (χ3n) is 3.58. The van der Waals surface area contributed by atoms with Crippen molar-refractivity contribution in [3.63, 3.8) is 0 Å². The van der Waals surface area contributed by atoms with Crippen LogP contribution in [-0.4, -0.2) is 43.3 Å². The summed E-state index contributed by atoms with van der Waals surface area (Å²) >= 11 is 3.38. The molecule has 0 radical (unpaired) electrons. The first-order valence-corrected chi connectivity index (χ1v) is 7.68. The lowest BCUT2D eigenvalue weighted by atomic mass is 10.2. The van der Waals surface area contributed by atoms with Crippen molar-refractivity contribution >= 4 is 27.6 Å². The Bertz CT molecular complexity index is 600. The van der Waals surface area contributed by atoms with Crippen molar-refractivity contribution in [1.29, 1.82) is 0 Å². The molecule has 5 nitrogen and oxygen atoms in total. The fraction of sp³-hybridized carbons (Fsp3) is 0.333. The van der Waals surface area contributed by atoms with E-state index in [0.717, 1.165) is 36.6 Å². The van der Waals surface area contributed by atoms with Gasteiger partial charge in [-0.1, -0.05) is 18.2 Å². The number of rotatable bonds is 3. The van der Waals surface area contributed by atoms with Crippen molar-refractivity contribution in [3.8, 4) is 5.88 Å². The zero-order chi connectivity index (χ0) is 14.7. The lowest BCUT2D eigenvalue weighted by Gasteiger charge is -2.36. The maximum Gasteiger partial charge on any atom is 0.232 e. The predicted molar refractivity (Wildman–Crippen MR) is 87.2 cm³/mol. The van der Waals surface area contributed by atoms with Gasteiger partial charge in [0.25, 0.3) is 0 Å². The molecular formula is C15H17BrN4O. The average Bonchev–Trinajstić information content (AvgIpc) is 2.56. The molecule has 0 saturated carbocycles. The Hall–Kier alpha value is -1.82. The maximum absolute atomic E-state index is 5.23. The van der Waals surface area contributed by atoms with Gasteiger partial charge < -0.3 is 14.5 Å². The largest absolute Gasteiger partial charge is 0.480 e. The number of benzene rings is 1. The fourth-order valence-corrected chi connectivity index (χ4v) is 2.79. The van der Waals surface area contributed by atoms with E-state index in [0.29, 0.717) is 5.88 Å². The summed E-state index contributed by atoms with van der Waals surface area (Å²) in [5.74, 6) is 1.30. The highest BCUT2D eigenvalue weighted by atomic mass is 79.9. The summed E-state index contributed by atoms with van der Waals surface area (Å²) in [6.45, 7) is 3.73. The van der Waals surface area contributed by atoms with Crippen molar-refractivity contribution in [3.05, 3.63) is 41.0 Å². The summed E-state index contributed by atoms with van der Waals surface area (Å²) in [6, 6.07) is 10.5. The maximum atomic E-state index is 5.23. The topological polar surface area (TPSA) is 41.5 Å². The normalized spacial score (nSPS) is 15.1. The monoisotopic (exact) mass is 348 g/mol. The van der Waals surface area contributed by atoms with E-state index in [-0.39, 0.29) is 0 Å². The van der Waals surface area contributed by atoms with E-state index in [1.807, 2.05) is 6.07 Å². The second-order valence-electron chi connectivity index (χ2n) is 4.84. The predicted octanol–water partition coefficient (Wildman–Crippen LogP) is 2.57. The molecule has 6 heteroatoms. The molecule has 1 aromatic carbocycles. The van der Waals surface area contributed by atoms with E-state index in [4.69, 9.17) is 4.74 Å². The Labute approximate surface area is 132 Å². The van der Waals surface area contributed by atoms with Crippen LogP contribution in [0.5, 0.6) is 5.88 Å². The number of para-hydroxylation sites is 1. The summed E-state index contributed by atoms with van der Waals surface area (Å²) in [7, 11) is 1.62. The first-order valence-electron chi connectivity index (χ1n) is 6.89. The van der Waals surface area contributed by atoms with Crippen LogP contribution in [0, 0.1) is 0 Å². The highest BCUT2D eigenvalue weighted by Crippen LogP contribution is 2.24. The minimum atomic E-state index is 0.575. The third kappa shape index (κ3) is 3.10. The van der Waals surface area contributed by atoms with Crippen molar-refractivity contribution in [2.45, 2.75) is 0 Å². The van der Waals surface area contributed by atoms with Gasteiger partial charge in [0.15, 0.2) is 0 Å². The molecule has 0 unspecified atom stereocenters. The molecule has 110 valence electrons. The van der Waals surface area contributed by atoms with Crippen molar-refractivity contribution in [2.75, 3.05) is 43.1 Å². The molecule has 1 fully saturated rings. The molecule has 3 rings (SSSR count). The Balaban J connectivity index is 1.68. The van der Waals surface area contributed by atoms with Gasteiger partial charge in [-0.3, -0.25) is 0 Å². The Morgan fingerprint density at radius 2 is 1.71 bits per heavy atom. The van der Waals surface area contributed by atoms with Crippen LogP contribution in [0.2, 0.25) is 0 Å². The van der Waals surface area contributed by atoms with Crippen LogP contribution in [0.4, 0.5) is 11.6 Å². The van der Waals surface area contributed by atoms with Crippen LogP contribution in [0.15, 0.2) is 41.0 Å². The van der Waals surface area contributed by atoms with Gasteiger partial charge in [-0.05, 0) is 28.1 Å². The van der Waals surface area contributed by atoms with Crippen LogP contribution in [0.1, 0.15) is 0 Å². The van der Waals surface area contributed by atoms with Gasteiger partial charge in [-0.15, -0.1) is 0 Å². The van der Waals surface area contributed by atoms with E-state index < -0.39 is 0 Å². The summed E-state index contributed by atoms with van der Waals surface area (Å²) in [6.07, 6.45) is 1.74. The fourth-order valence-electron chi connectivity index (χ4n) is 2.44. The summed E-state index contributed by atoms with van der Waals surface area (Å²) in [5, 5.41) is 0. The number of aromatic nitrogens is 2. The lowest BCUT2D eigenvalue weighted by molar-refractivity contribution is 0.393. The van der Waals surface area contributed by atoms with Gasteiger partial charge in [0, 0.05) is 31.9 Å². The molecule has 0 amide bonds. The quantitative estimate of drug-likeness (QED) is 0.852. The van der Waals surface area contributed by atoms with Gasteiger partial charge >= 0.3 is 0 Å². The average molecular weight is 349 g/mol. The van der Waals surface area contributed by atoms with Crippen LogP contribution in [0.3, 0.4) is 0 Å². The van der Waals surface area contributed by atoms with Crippen molar-refractivity contribution < 1.29 is 4.74 Å².